The number of esters is 1. The molecule has 0 bridgehead atoms. The summed E-state index contributed by atoms with van der Waals surface area (Å²) in [5.41, 5.74) is 1.59. The van der Waals surface area contributed by atoms with Crippen LogP contribution in [0.3, 0.4) is 0 Å². The van der Waals surface area contributed by atoms with Crippen LogP contribution in [0.5, 0.6) is 5.75 Å². The van der Waals surface area contributed by atoms with Crippen molar-refractivity contribution in [1.29, 1.82) is 10.5 Å². The Kier molecular flexibility index (Phi) is 5.12. The van der Waals surface area contributed by atoms with Crippen molar-refractivity contribution in [2.75, 3.05) is 6.61 Å². The van der Waals surface area contributed by atoms with Crippen LogP contribution < -0.4 is 4.74 Å². The van der Waals surface area contributed by atoms with Gasteiger partial charge in [0.15, 0.2) is 6.61 Å². The van der Waals surface area contributed by atoms with Gasteiger partial charge >= 0.3 is 5.97 Å². The minimum atomic E-state index is -0.546. The number of nitrogens with zero attached hydrogens (tertiary/aromatic N) is 2. The zero-order valence-electron chi connectivity index (χ0n) is 11.7. The van der Waals surface area contributed by atoms with Crippen molar-refractivity contribution in [3.05, 3.63) is 65.2 Å². The Balaban J connectivity index is 1.86. The summed E-state index contributed by atoms with van der Waals surface area (Å²) in [4.78, 5) is 11.6. The molecule has 108 valence electrons. The molecule has 2 aromatic carbocycles. The van der Waals surface area contributed by atoms with Gasteiger partial charge in [0.2, 0.25) is 0 Å². The van der Waals surface area contributed by atoms with Crippen LogP contribution in [0.4, 0.5) is 0 Å². The number of benzene rings is 2. The minimum Gasteiger partial charge on any atom is -0.481 e. The molecular weight excluding hydrogens is 280 g/mol. The molecule has 0 aliphatic carbocycles. The first kappa shape index (κ1) is 15.1. The molecule has 2 aromatic rings. The van der Waals surface area contributed by atoms with Gasteiger partial charge < -0.3 is 9.47 Å². The van der Waals surface area contributed by atoms with Crippen molar-refractivity contribution in [3.63, 3.8) is 0 Å². The second-order valence-electron chi connectivity index (χ2n) is 4.37. The standard InChI is InChI=1S/C17H12N2O3/c18-9-13-4-3-5-14(8-13)11-22-17(20)12-21-16-7-2-1-6-15(16)10-19/h1-8H,11-12H2. The molecule has 0 aromatic heterocycles. The van der Waals surface area contributed by atoms with Crippen LogP contribution in [0, 0.1) is 22.7 Å². The van der Waals surface area contributed by atoms with Crippen LogP contribution in [0.25, 0.3) is 0 Å². The molecule has 0 radical (unpaired) electrons. The van der Waals surface area contributed by atoms with E-state index in [1.54, 1.807) is 48.5 Å². The normalized spacial score (nSPS) is 9.36. The molecule has 0 amide bonds. The number of nitriles is 2. The largest absolute Gasteiger partial charge is 0.481 e. The Morgan fingerprint density at radius 1 is 1.05 bits per heavy atom. The van der Waals surface area contributed by atoms with Crippen molar-refractivity contribution in [1.82, 2.24) is 0 Å². The maximum atomic E-state index is 11.6. The molecule has 0 N–H and O–H groups in total. The fraction of sp³-hybridized carbons (Fsp3) is 0.118. The van der Waals surface area contributed by atoms with Crippen LogP contribution in [0.1, 0.15) is 16.7 Å². The van der Waals surface area contributed by atoms with Gasteiger partial charge in [-0.2, -0.15) is 10.5 Å². The predicted octanol–water partition coefficient (Wildman–Crippen LogP) is 2.55. The summed E-state index contributed by atoms with van der Waals surface area (Å²) in [5.74, 6) is -0.205. The summed E-state index contributed by atoms with van der Waals surface area (Å²) in [7, 11) is 0. The van der Waals surface area contributed by atoms with Crippen LogP contribution in [-0.2, 0) is 16.1 Å². The highest BCUT2D eigenvalue weighted by Crippen LogP contribution is 2.16. The van der Waals surface area contributed by atoms with E-state index in [9.17, 15) is 4.79 Å². The van der Waals surface area contributed by atoms with Crippen molar-refractivity contribution in [3.8, 4) is 17.9 Å². The fourth-order valence-corrected chi connectivity index (χ4v) is 1.76. The molecular formula is C17H12N2O3. The van der Waals surface area contributed by atoms with Crippen LogP contribution in [0.15, 0.2) is 48.5 Å². The predicted molar refractivity (Wildman–Crippen MR) is 77.6 cm³/mol. The highest BCUT2D eigenvalue weighted by atomic mass is 16.6. The highest BCUT2D eigenvalue weighted by molar-refractivity contribution is 5.71. The van der Waals surface area contributed by atoms with Crippen LogP contribution in [0.2, 0.25) is 0 Å². The van der Waals surface area contributed by atoms with Gasteiger partial charge in [0.25, 0.3) is 0 Å². The molecule has 0 aliphatic heterocycles. The number of hydrogen-bond donors (Lipinski definition) is 0. The zero-order chi connectivity index (χ0) is 15.8. The first-order valence-corrected chi connectivity index (χ1v) is 6.49. The van der Waals surface area contributed by atoms with E-state index in [1.807, 2.05) is 12.1 Å². The van der Waals surface area contributed by atoms with E-state index in [0.717, 1.165) is 5.56 Å². The number of ether oxygens (including phenoxy) is 2. The second-order valence-corrected chi connectivity index (χ2v) is 4.37. The summed E-state index contributed by atoms with van der Waals surface area (Å²) < 4.78 is 10.3. The summed E-state index contributed by atoms with van der Waals surface area (Å²) >= 11 is 0. The number of rotatable bonds is 5. The van der Waals surface area contributed by atoms with E-state index in [0.29, 0.717) is 16.9 Å². The maximum absolute atomic E-state index is 11.6. The van der Waals surface area contributed by atoms with Crippen LogP contribution >= 0.6 is 0 Å². The lowest BCUT2D eigenvalue weighted by molar-refractivity contribution is -0.147. The van der Waals surface area contributed by atoms with Crippen molar-refractivity contribution >= 4 is 5.97 Å². The van der Waals surface area contributed by atoms with Crippen molar-refractivity contribution in [2.45, 2.75) is 6.61 Å². The molecule has 5 heteroatoms. The lowest BCUT2D eigenvalue weighted by Gasteiger charge is -2.08. The van der Waals surface area contributed by atoms with Crippen molar-refractivity contribution < 1.29 is 14.3 Å². The molecule has 0 aliphatic rings. The molecule has 22 heavy (non-hydrogen) atoms. The summed E-state index contributed by atoms with van der Waals surface area (Å²) in [6.07, 6.45) is 0. The van der Waals surface area contributed by atoms with E-state index in [2.05, 4.69) is 0 Å². The molecule has 0 atom stereocenters. The van der Waals surface area contributed by atoms with Gasteiger partial charge in [-0.3, -0.25) is 0 Å². The minimum absolute atomic E-state index is 0.0671. The SMILES string of the molecule is N#Cc1cccc(COC(=O)COc2ccccc2C#N)c1. The van der Waals surface area contributed by atoms with E-state index >= 15 is 0 Å². The molecule has 5 nitrogen and oxygen atoms in total. The van der Waals surface area contributed by atoms with Crippen LogP contribution in [-0.4, -0.2) is 12.6 Å². The van der Waals surface area contributed by atoms with E-state index in [-0.39, 0.29) is 13.2 Å². The number of para-hydroxylation sites is 1. The van der Waals surface area contributed by atoms with E-state index < -0.39 is 5.97 Å². The summed E-state index contributed by atoms with van der Waals surface area (Å²) in [6.45, 7) is -0.214. The molecule has 0 spiro atoms. The Morgan fingerprint density at radius 2 is 1.86 bits per heavy atom. The second kappa shape index (κ2) is 7.47. The smallest absolute Gasteiger partial charge is 0.344 e. The van der Waals surface area contributed by atoms with Gasteiger partial charge in [0.05, 0.1) is 17.2 Å². The molecule has 0 saturated carbocycles. The number of hydrogen-bond acceptors (Lipinski definition) is 5. The average molecular weight is 292 g/mol. The van der Waals surface area contributed by atoms with E-state index in [1.165, 1.54) is 0 Å². The third-order valence-electron chi connectivity index (χ3n) is 2.81. The topological polar surface area (TPSA) is 83.1 Å². The molecule has 2 rings (SSSR count). The first-order chi connectivity index (χ1) is 10.7. The van der Waals surface area contributed by atoms with Gasteiger partial charge in [-0.05, 0) is 29.8 Å². The van der Waals surface area contributed by atoms with Gasteiger partial charge in [0.1, 0.15) is 18.4 Å². The van der Waals surface area contributed by atoms with Gasteiger partial charge in [-0.1, -0.05) is 24.3 Å². The zero-order valence-corrected chi connectivity index (χ0v) is 11.7. The Bertz CT molecular complexity index is 757. The van der Waals surface area contributed by atoms with Gasteiger partial charge in [0, 0.05) is 0 Å². The molecule has 0 fully saturated rings. The lowest BCUT2D eigenvalue weighted by Crippen LogP contribution is -2.15. The monoisotopic (exact) mass is 292 g/mol. The third-order valence-corrected chi connectivity index (χ3v) is 2.81. The summed E-state index contributed by atoms with van der Waals surface area (Å²) in [5, 5.41) is 17.7. The van der Waals surface area contributed by atoms with Crippen molar-refractivity contribution in [2.24, 2.45) is 0 Å². The maximum Gasteiger partial charge on any atom is 0.344 e. The summed E-state index contributed by atoms with van der Waals surface area (Å²) in [6, 6.07) is 17.5. The lowest BCUT2D eigenvalue weighted by atomic mass is 10.1. The average Bonchev–Trinajstić information content (AvgIpc) is 2.58. The molecule has 0 heterocycles. The Morgan fingerprint density at radius 3 is 2.64 bits per heavy atom. The van der Waals surface area contributed by atoms with E-state index in [4.69, 9.17) is 20.0 Å². The molecule has 0 unspecified atom stereocenters. The quantitative estimate of drug-likeness (QED) is 0.791. The third kappa shape index (κ3) is 4.09. The molecule has 0 saturated heterocycles. The fourth-order valence-electron chi connectivity index (χ4n) is 1.76. The Hall–Kier alpha value is -3.31. The Labute approximate surface area is 127 Å². The van der Waals surface area contributed by atoms with Gasteiger partial charge in [-0.15, -0.1) is 0 Å². The number of carbonyl (C=O) groups excluding carboxylic acids is 1. The first-order valence-electron chi connectivity index (χ1n) is 6.49. The van der Waals surface area contributed by atoms with Gasteiger partial charge in [-0.25, -0.2) is 4.79 Å². The number of carbonyl (C=O) groups is 1. The highest BCUT2D eigenvalue weighted by Gasteiger charge is 2.08.